The zero-order valence-electron chi connectivity index (χ0n) is 12.2. The monoisotopic (exact) mass is 317 g/mol. The fourth-order valence-electron chi connectivity index (χ4n) is 1.86. The van der Waals surface area contributed by atoms with E-state index in [2.05, 4.69) is 6.07 Å². The Kier molecular flexibility index (Phi) is 5.93. The number of nitrogens with zero attached hydrogens (tertiary/aromatic N) is 1. The van der Waals surface area contributed by atoms with Crippen LogP contribution in [0.4, 0.5) is 0 Å². The maximum absolute atomic E-state index is 9.04. The molecule has 0 bridgehead atoms. The van der Waals surface area contributed by atoms with Crippen LogP contribution in [-0.2, 0) is 0 Å². The first-order chi connectivity index (χ1) is 10.7. The average Bonchev–Trinajstić information content (AvgIpc) is 2.54. The van der Waals surface area contributed by atoms with E-state index in [4.69, 9.17) is 31.1 Å². The van der Waals surface area contributed by atoms with Gasteiger partial charge in [0, 0.05) is 5.02 Å². The summed E-state index contributed by atoms with van der Waals surface area (Å²) in [4.78, 5) is 0. The predicted molar refractivity (Wildman–Crippen MR) is 84.8 cm³/mol. The summed E-state index contributed by atoms with van der Waals surface area (Å²) in [7, 11) is 0. The summed E-state index contributed by atoms with van der Waals surface area (Å²) in [6.45, 7) is 3.16. The van der Waals surface area contributed by atoms with Crippen LogP contribution in [0.15, 0.2) is 42.5 Å². The van der Waals surface area contributed by atoms with Gasteiger partial charge in [-0.05, 0) is 37.3 Å². The Morgan fingerprint density at radius 3 is 2.23 bits per heavy atom. The lowest BCUT2D eigenvalue weighted by atomic mass is 10.2. The van der Waals surface area contributed by atoms with Crippen LogP contribution >= 0.6 is 11.6 Å². The Balaban J connectivity index is 1.89. The standard InChI is InChI=1S/C17H16ClNO3/c1-2-20-16-5-3-4-6-17(16)22-10-9-21-15-8-7-14(18)11-13(15)12-19/h3-8,11H,2,9-10H2,1H3. The molecule has 0 atom stereocenters. The molecule has 0 unspecified atom stereocenters. The van der Waals surface area contributed by atoms with Crippen LogP contribution in [0.2, 0.25) is 5.02 Å². The minimum atomic E-state index is 0.316. The van der Waals surface area contributed by atoms with E-state index in [1.165, 1.54) is 0 Å². The molecular weight excluding hydrogens is 302 g/mol. The van der Waals surface area contributed by atoms with Crippen LogP contribution in [0.1, 0.15) is 12.5 Å². The first kappa shape index (κ1) is 16.0. The van der Waals surface area contributed by atoms with Gasteiger partial charge in [-0.2, -0.15) is 5.26 Å². The zero-order chi connectivity index (χ0) is 15.8. The first-order valence-electron chi connectivity index (χ1n) is 6.91. The van der Waals surface area contributed by atoms with Crippen molar-refractivity contribution in [2.45, 2.75) is 6.92 Å². The van der Waals surface area contributed by atoms with Crippen molar-refractivity contribution >= 4 is 11.6 Å². The molecule has 0 N–H and O–H groups in total. The third-order valence-electron chi connectivity index (χ3n) is 2.81. The van der Waals surface area contributed by atoms with Gasteiger partial charge in [-0.15, -0.1) is 0 Å². The number of halogens is 1. The van der Waals surface area contributed by atoms with E-state index in [0.29, 0.717) is 47.7 Å². The van der Waals surface area contributed by atoms with Crippen LogP contribution in [0.5, 0.6) is 17.2 Å². The Bertz CT molecular complexity index is 667. The van der Waals surface area contributed by atoms with Gasteiger partial charge in [0.25, 0.3) is 0 Å². The Morgan fingerprint density at radius 1 is 0.955 bits per heavy atom. The third kappa shape index (κ3) is 4.31. The highest BCUT2D eigenvalue weighted by atomic mass is 35.5. The summed E-state index contributed by atoms with van der Waals surface area (Å²) in [6, 6.07) is 14.4. The quantitative estimate of drug-likeness (QED) is 0.722. The molecule has 0 fully saturated rings. The van der Waals surface area contributed by atoms with Crippen molar-refractivity contribution in [3.8, 4) is 23.3 Å². The van der Waals surface area contributed by atoms with Gasteiger partial charge in [0.1, 0.15) is 25.0 Å². The van der Waals surface area contributed by atoms with Gasteiger partial charge in [0.15, 0.2) is 11.5 Å². The zero-order valence-corrected chi connectivity index (χ0v) is 13.0. The number of nitriles is 1. The van der Waals surface area contributed by atoms with Crippen LogP contribution < -0.4 is 14.2 Å². The number of hydrogen-bond donors (Lipinski definition) is 0. The molecule has 0 radical (unpaired) electrons. The largest absolute Gasteiger partial charge is 0.490 e. The molecule has 0 aliphatic heterocycles. The van der Waals surface area contributed by atoms with Crippen molar-refractivity contribution in [3.63, 3.8) is 0 Å². The predicted octanol–water partition coefficient (Wildman–Crippen LogP) is 4.07. The molecule has 4 nitrogen and oxygen atoms in total. The molecule has 0 aromatic heterocycles. The van der Waals surface area contributed by atoms with Crippen molar-refractivity contribution in [1.29, 1.82) is 5.26 Å². The molecular formula is C17H16ClNO3. The number of rotatable bonds is 7. The van der Waals surface area contributed by atoms with Crippen LogP contribution in [-0.4, -0.2) is 19.8 Å². The van der Waals surface area contributed by atoms with Gasteiger partial charge in [-0.25, -0.2) is 0 Å². The van der Waals surface area contributed by atoms with Crippen molar-refractivity contribution in [1.82, 2.24) is 0 Å². The second kappa shape index (κ2) is 8.16. The highest BCUT2D eigenvalue weighted by Gasteiger charge is 2.06. The summed E-state index contributed by atoms with van der Waals surface area (Å²) in [6.07, 6.45) is 0. The minimum Gasteiger partial charge on any atom is -0.490 e. The fraction of sp³-hybridized carbons (Fsp3) is 0.235. The molecule has 0 heterocycles. The smallest absolute Gasteiger partial charge is 0.161 e. The molecule has 22 heavy (non-hydrogen) atoms. The molecule has 0 aliphatic rings. The lowest BCUT2D eigenvalue weighted by Crippen LogP contribution is -2.10. The van der Waals surface area contributed by atoms with E-state index in [1.807, 2.05) is 31.2 Å². The molecule has 0 saturated carbocycles. The number of benzene rings is 2. The molecule has 5 heteroatoms. The number of hydrogen-bond acceptors (Lipinski definition) is 4. The molecule has 114 valence electrons. The summed E-state index contributed by atoms with van der Waals surface area (Å²) in [5.41, 5.74) is 0.405. The normalized spacial score (nSPS) is 9.86. The molecule has 2 aromatic rings. The third-order valence-corrected chi connectivity index (χ3v) is 3.04. The van der Waals surface area contributed by atoms with Gasteiger partial charge < -0.3 is 14.2 Å². The molecule has 0 spiro atoms. The summed E-state index contributed by atoms with van der Waals surface area (Å²) in [5.74, 6) is 1.87. The van der Waals surface area contributed by atoms with E-state index in [0.717, 1.165) is 0 Å². The summed E-state index contributed by atoms with van der Waals surface area (Å²) < 4.78 is 16.7. The van der Waals surface area contributed by atoms with Crippen LogP contribution in [0.3, 0.4) is 0 Å². The Morgan fingerprint density at radius 2 is 1.59 bits per heavy atom. The molecule has 2 rings (SSSR count). The molecule has 2 aromatic carbocycles. The van der Waals surface area contributed by atoms with Gasteiger partial charge in [-0.1, -0.05) is 23.7 Å². The van der Waals surface area contributed by atoms with Crippen molar-refractivity contribution in [3.05, 3.63) is 53.1 Å². The van der Waals surface area contributed by atoms with Gasteiger partial charge >= 0.3 is 0 Å². The van der Waals surface area contributed by atoms with Gasteiger partial charge in [0.2, 0.25) is 0 Å². The van der Waals surface area contributed by atoms with Crippen LogP contribution in [0, 0.1) is 11.3 Å². The average molecular weight is 318 g/mol. The van der Waals surface area contributed by atoms with E-state index in [-0.39, 0.29) is 0 Å². The van der Waals surface area contributed by atoms with Crippen LogP contribution in [0.25, 0.3) is 0 Å². The van der Waals surface area contributed by atoms with Crippen molar-refractivity contribution in [2.24, 2.45) is 0 Å². The summed E-state index contributed by atoms with van der Waals surface area (Å²) >= 11 is 5.84. The first-order valence-corrected chi connectivity index (χ1v) is 7.29. The highest BCUT2D eigenvalue weighted by Crippen LogP contribution is 2.26. The van der Waals surface area contributed by atoms with Crippen molar-refractivity contribution < 1.29 is 14.2 Å². The van der Waals surface area contributed by atoms with Gasteiger partial charge in [0.05, 0.1) is 12.2 Å². The Labute approximate surface area is 134 Å². The lowest BCUT2D eigenvalue weighted by Gasteiger charge is -2.12. The van der Waals surface area contributed by atoms with E-state index < -0.39 is 0 Å². The van der Waals surface area contributed by atoms with E-state index >= 15 is 0 Å². The maximum Gasteiger partial charge on any atom is 0.161 e. The molecule has 0 amide bonds. The fourth-order valence-corrected chi connectivity index (χ4v) is 2.03. The maximum atomic E-state index is 9.04. The number of para-hydroxylation sites is 2. The summed E-state index contributed by atoms with van der Waals surface area (Å²) in [5, 5.41) is 9.54. The molecule has 0 saturated heterocycles. The van der Waals surface area contributed by atoms with E-state index in [1.54, 1.807) is 18.2 Å². The van der Waals surface area contributed by atoms with Crippen molar-refractivity contribution in [2.75, 3.05) is 19.8 Å². The Hall–Kier alpha value is -2.38. The van der Waals surface area contributed by atoms with E-state index in [9.17, 15) is 0 Å². The topological polar surface area (TPSA) is 51.5 Å². The second-order valence-electron chi connectivity index (χ2n) is 4.33. The lowest BCUT2D eigenvalue weighted by molar-refractivity contribution is 0.208. The second-order valence-corrected chi connectivity index (χ2v) is 4.77. The SMILES string of the molecule is CCOc1ccccc1OCCOc1ccc(Cl)cc1C#N. The minimum absolute atomic E-state index is 0.316. The molecule has 0 aliphatic carbocycles. The van der Waals surface area contributed by atoms with Gasteiger partial charge in [-0.3, -0.25) is 0 Å². The number of ether oxygens (including phenoxy) is 3. The highest BCUT2D eigenvalue weighted by molar-refractivity contribution is 6.30.